The monoisotopic (exact) mass is 348 g/mol. The van der Waals surface area contributed by atoms with Gasteiger partial charge in [-0.25, -0.2) is 4.39 Å². The van der Waals surface area contributed by atoms with Gasteiger partial charge in [-0.1, -0.05) is 23.7 Å². The third kappa shape index (κ3) is 4.46. The molecule has 6 heteroatoms. The van der Waals surface area contributed by atoms with Crippen LogP contribution in [0.4, 0.5) is 10.1 Å². The Morgan fingerprint density at radius 1 is 1.21 bits per heavy atom. The first-order chi connectivity index (χ1) is 11.6. The van der Waals surface area contributed by atoms with Crippen LogP contribution >= 0.6 is 11.6 Å². The number of rotatable bonds is 6. The maximum Gasteiger partial charge on any atom is 0.225 e. The maximum atomic E-state index is 12.8. The standard InChI is InChI=1S/C18H18ClFN2O2/c19-16-3-1-2-4-17(16)21-18(23)9-10-22-11-15(12-22)24-14-7-5-13(20)6-8-14/h1-8,15H,9-12H2,(H,21,23). The second-order valence-electron chi connectivity index (χ2n) is 5.73. The summed E-state index contributed by atoms with van der Waals surface area (Å²) in [6.45, 7) is 2.19. The van der Waals surface area contributed by atoms with E-state index >= 15 is 0 Å². The van der Waals surface area contributed by atoms with Crippen molar-refractivity contribution in [3.05, 3.63) is 59.4 Å². The molecule has 1 saturated heterocycles. The van der Waals surface area contributed by atoms with Crippen LogP contribution in [0.15, 0.2) is 48.5 Å². The van der Waals surface area contributed by atoms with Gasteiger partial charge in [0.25, 0.3) is 0 Å². The molecule has 1 fully saturated rings. The number of para-hydroxylation sites is 1. The molecule has 1 N–H and O–H groups in total. The molecule has 0 bridgehead atoms. The van der Waals surface area contributed by atoms with Crippen molar-refractivity contribution in [2.45, 2.75) is 12.5 Å². The number of ether oxygens (including phenoxy) is 1. The van der Waals surface area contributed by atoms with Crippen molar-refractivity contribution in [2.24, 2.45) is 0 Å². The van der Waals surface area contributed by atoms with Crippen LogP contribution in [0.1, 0.15) is 6.42 Å². The van der Waals surface area contributed by atoms with Gasteiger partial charge < -0.3 is 10.1 Å². The lowest BCUT2D eigenvalue weighted by Crippen LogP contribution is -2.54. The van der Waals surface area contributed by atoms with Crippen LogP contribution in [-0.4, -0.2) is 36.5 Å². The summed E-state index contributed by atoms with van der Waals surface area (Å²) in [5.74, 6) is 0.325. The molecule has 4 nitrogen and oxygen atoms in total. The number of nitrogens with one attached hydrogen (secondary N) is 1. The third-order valence-electron chi connectivity index (χ3n) is 3.84. The van der Waals surface area contributed by atoms with Gasteiger partial charge in [-0.3, -0.25) is 9.69 Å². The van der Waals surface area contributed by atoms with Crippen molar-refractivity contribution in [2.75, 3.05) is 25.0 Å². The molecular weight excluding hydrogens is 331 g/mol. The third-order valence-corrected chi connectivity index (χ3v) is 4.17. The number of benzene rings is 2. The first kappa shape index (κ1) is 16.7. The number of carbonyl (C=O) groups excluding carboxylic acids is 1. The quantitative estimate of drug-likeness (QED) is 0.867. The zero-order valence-electron chi connectivity index (χ0n) is 13.0. The topological polar surface area (TPSA) is 41.6 Å². The molecule has 2 aromatic carbocycles. The molecule has 0 saturated carbocycles. The predicted molar refractivity (Wildman–Crippen MR) is 92.0 cm³/mol. The Morgan fingerprint density at radius 3 is 2.62 bits per heavy atom. The molecule has 0 aromatic heterocycles. The number of nitrogens with zero attached hydrogens (tertiary/aromatic N) is 1. The molecule has 0 spiro atoms. The average Bonchev–Trinajstić information content (AvgIpc) is 2.53. The second-order valence-corrected chi connectivity index (χ2v) is 6.14. The van der Waals surface area contributed by atoms with Crippen molar-refractivity contribution in [3.8, 4) is 5.75 Å². The van der Waals surface area contributed by atoms with Gasteiger partial charge in [-0.2, -0.15) is 0 Å². The van der Waals surface area contributed by atoms with Gasteiger partial charge in [0.2, 0.25) is 5.91 Å². The van der Waals surface area contributed by atoms with Crippen LogP contribution in [0.2, 0.25) is 5.02 Å². The molecule has 126 valence electrons. The lowest BCUT2D eigenvalue weighted by Gasteiger charge is -2.38. The summed E-state index contributed by atoms with van der Waals surface area (Å²) in [7, 11) is 0. The average molecular weight is 349 g/mol. The zero-order chi connectivity index (χ0) is 16.9. The Morgan fingerprint density at radius 2 is 1.92 bits per heavy atom. The van der Waals surface area contributed by atoms with E-state index in [1.165, 1.54) is 12.1 Å². The highest BCUT2D eigenvalue weighted by molar-refractivity contribution is 6.33. The van der Waals surface area contributed by atoms with Gasteiger partial charge in [0.15, 0.2) is 0 Å². The van der Waals surface area contributed by atoms with Crippen LogP contribution in [0.3, 0.4) is 0 Å². The van der Waals surface area contributed by atoms with Crippen molar-refractivity contribution in [3.63, 3.8) is 0 Å². The Labute approximate surface area is 145 Å². The smallest absolute Gasteiger partial charge is 0.225 e. The molecule has 1 amide bonds. The Hall–Kier alpha value is -2.11. The number of amides is 1. The van der Waals surface area contributed by atoms with E-state index in [4.69, 9.17) is 16.3 Å². The minimum absolute atomic E-state index is 0.0639. The second kappa shape index (κ2) is 7.64. The fraction of sp³-hybridized carbons (Fsp3) is 0.278. The first-order valence-corrected chi connectivity index (χ1v) is 8.17. The molecule has 0 unspecified atom stereocenters. The van der Waals surface area contributed by atoms with E-state index in [0.717, 1.165) is 13.1 Å². The zero-order valence-corrected chi connectivity index (χ0v) is 13.8. The van der Waals surface area contributed by atoms with Gasteiger partial charge in [0.05, 0.1) is 10.7 Å². The van der Waals surface area contributed by atoms with Crippen LogP contribution in [0.25, 0.3) is 0 Å². The number of hydrogen-bond acceptors (Lipinski definition) is 3. The molecule has 1 aliphatic heterocycles. The largest absolute Gasteiger partial charge is 0.488 e. The summed E-state index contributed by atoms with van der Waals surface area (Å²) in [6, 6.07) is 13.2. The van der Waals surface area contributed by atoms with Gasteiger partial charge in [0.1, 0.15) is 17.7 Å². The number of halogens is 2. The highest BCUT2D eigenvalue weighted by Gasteiger charge is 2.28. The van der Waals surface area contributed by atoms with Crippen LogP contribution < -0.4 is 10.1 Å². The van der Waals surface area contributed by atoms with Gasteiger partial charge >= 0.3 is 0 Å². The highest BCUT2D eigenvalue weighted by atomic mass is 35.5. The molecule has 1 heterocycles. The van der Waals surface area contributed by atoms with E-state index in [-0.39, 0.29) is 17.8 Å². The summed E-state index contributed by atoms with van der Waals surface area (Å²) in [6.07, 6.45) is 0.483. The van der Waals surface area contributed by atoms with E-state index in [1.807, 2.05) is 12.1 Å². The summed E-state index contributed by atoms with van der Waals surface area (Å²) >= 11 is 6.01. The number of likely N-dealkylation sites (tertiary alicyclic amines) is 1. The van der Waals surface area contributed by atoms with E-state index in [2.05, 4.69) is 10.2 Å². The maximum absolute atomic E-state index is 12.8. The SMILES string of the molecule is O=C(CCN1CC(Oc2ccc(F)cc2)C1)Nc1ccccc1Cl. The Bertz CT molecular complexity index is 702. The predicted octanol–water partition coefficient (Wildman–Crippen LogP) is 3.57. The normalized spacial score (nSPS) is 14.9. The molecule has 0 aliphatic carbocycles. The molecule has 1 aliphatic rings. The molecule has 24 heavy (non-hydrogen) atoms. The van der Waals surface area contributed by atoms with Crippen LogP contribution in [0.5, 0.6) is 5.75 Å². The molecule has 0 radical (unpaired) electrons. The summed E-state index contributed by atoms with van der Waals surface area (Å²) in [5.41, 5.74) is 0.630. The van der Waals surface area contributed by atoms with E-state index in [1.54, 1.807) is 24.3 Å². The van der Waals surface area contributed by atoms with Crippen molar-refractivity contribution in [1.29, 1.82) is 0 Å². The highest BCUT2D eigenvalue weighted by Crippen LogP contribution is 2.21. The van der Waals surface area contributed by atoms with E-state index in [0.29, 0.717) is 29.4 Å². The number of carbonyl (C=O) groups is 1. The van der Waals surface area contributed by atoms with Crippen LogP contribution in [0, 0.1) is 5.82 Å². The lowest BCUT2D eigenvalue weighted by atomic mass is 10.1. The number of hydrogen-bond donors (Lipinski definition) is 1. The molecular formula is C18H18ClFN2O2. The Kier molecular flexibility index (Phi) is 5.33. The summed E-state index contributed by atoms with van der Waals surface area (Å²) in [4.78, 5) is 14.1. The van der Waals surface area contributed by atoms with Crippen molar-refractivity contribution >= 4 is 23.2 Å². The van der Waals surface area contributed by atoms with Crippen molar-refractivity contribution in [1.82, 2.24) is 4.90 Å². The minimum atomic E-state index is -0.276. The van der Waals surface area contributed by atoms with E-state index in [9.17, 15) is 9.18 Å². The number of anilines is 1. The summed E-state index contributed by atoms with van der Waals surface area (Å²) in [5, 5.41) is 3.34. The molecule has 2 aromatic rings. The Balaban J connectivity index is 1.36. The van der Waals surface area contributed by atoms with Gasteiger partial charge in [-0.15, -0.1) is 0 Å². The van der Waals surface area contributed by atoms with E-state index < -0.39 is 0 Å². The molecule has 3 rings (SSSR count). The minimum Gasteiger partial charge on any atom is -0.488 e. The van der Waals surface area contributed by atoms with Crippen molar-refractivity contribution < 1.29 is 13.9 Å². The van der Waals surface area contributed by atoms with Gasteiger partial charge in [0, 0.05) is 26.1 Å². The summed E-state index contributed by atoms with van der Waals surface area (Å²) < 4.78 is 18.6. The first-order valence-electron chi connectivity index (χ1n) is 7.79. The fourth-order valence-electron chi connectivity index (χ4n) is 2.52. The lowest BCUT2D eigenvalue weighted by molar-refractivity contribution is -0.117. The fourth-order valence-corrected chi connectivity index (χ4v) is 2.70. The van der Waals surface area contributed by atoms with Gasteiger partial charge in [-0.05, 0) is 36.4 Å². The molecule has 0 atom stereocenters. The van der Waals surface area contributed by atoms with Crippen LogP contribution in [-0.2, 0) is 4.79 Å².